The number of aliphatic hydroxyl groups is 2. The highest BCUT2D eigenvalue weighted by Gasteiger charge is 2.44. The number of hydrogen-bond acceptors (Lipinski definition) is 7. The van der Waals surface area contributed by atoms with Crippen molar-refractivity contribution in [2.24, 2.45) is 0 Å². The Hall–Kier alpha value is -1.47. The van der Waals surface area contributed by atoms with Crippen LogP contribution in [0.4, 0.5) is 5.82 Å². The van der Waals surface area contributed by atoms with E-state index in [0.717, 1.165) is 6.16 Å². The van der Waals surface area contributed by atoms with Gasteiger partial charge in [0, 0.05) is 0 Å². The summed E-state index contributed by atoms with van der Waals surface area (Å²) in [5.41, 5.74) is 6.79. The van der Waals surface area contributed by atoms with Crippen LogP contribution in [0.15, 0.2) is 6.33 Å². The largest absolute Gasteiger partial charge is 0.388 e. The predicted octanol–water partition coefficient (Wildman–Crippen LogP) is 0.435. The minimum atomic E-state index is -1.23. The first kappa shape index (κ1) is 17.4. The number of nitrogen functional groups attached to an aromatic ring is 1. The van der Waals surface area contributed by atoms with E-state index < -0.39 is 31.4 Å². The van der Waals surface area contributed by atoms with Gasteiger partial charge in [-0.25, -0.2) is 15.0 Å². The van der Waals surface area contributed by atoms with Crippen molar-refractivity contribution in [2.75, 3.05) is 25.2 Å². The molecule has 2 aromatic heterocycles. The maximum absolute atomic E-state index is 10.5. The molecule has 1 unspecified atom stereocenters. The zero-order valence-electron chi connectivity index (χ0n) is 14.1. The number of aliphatic hydroxyl groups excluding tert-OH is 2. The predicted molar refractivity (Wildman–Crippen MR) is 95.8 cm³/mol. The molecule has 0 bridgehead atoms. The van der Waals surface area contributed by atoms with Crippen LogP contribution >= 0.6 is 6.89 Å². The molecule has 0 radical (unpaired) electrons. The van der Waals surface area contributed by atoms with Crippen molar-refractivity contribution in [1.82, 2.24) is 19.5 Å². The van der Waals surface area contributed by atoms with E-state index in [2.05, 4.69) is 34.6 Å². The van der Waals surface area contributed by atoms with Crippen molar-refractivity contribution in [1.29, 1.82) is 0 Å². The zero-order valence-corrected chi connectivity index (χ0v) is 15.0. The number of rotatable bonds is 4. The van der Waals surface area contributed by atoms with Gasteiger partial charge in [-0.2, -0.15) is 0 Å². The van der Waals surface area contributed by atoms with Crippen molar-refractivity contribution in [2.45, 2.75) is 37.9 Å². The van der Waals surface area contributed by atoms with Gasteiger partial charge in [-0.05, 0) is 32.8 Å². The van der Waals surface area contributed by atoms with Crippen LogP contribution in [-0.2, 0) is 4.74 Å². The lowest BCUT2D eigenvalue weighted by Gasteiger charge is -2.19. The summed E-state index contributed by atoms with van der Waals surface area (Å²) < 4.78 is 7.64. The van der Waals surface area contributed by atoms with Crippen LogP contribution in [0, 0.1) is 6.92 Å². The fourth-order valence-electron chi connectivity index (χ4n) is 3.00. The number of aryl methyl sites for hydroxylation is 1. The number of hydrogen-bond donors (Lipinski definition) is 3. The van der Waals surface area contributed by atoms with Gasteiger partial charge in [0.15, 0.2) is 23.2 Å². The fraction of sp³-hybridized carbons (Fsp3) is 0.600. The summed E-state index contributed by atoms with van der Waals surface area (Å²) in [5.74, 6) is 0.870. The Kier molecular flexibility index (Phi) is 4.42. The highest BCUT2D eigenvalue weighted by atomic mass is 31.2. The van der Waals surface area contributed by atoms with Gasteiger partial charge in [-0.1, -0.05) is 0 Å². The minimum absolute atomic E-state index is 0.273. The van der Waals surface area contributed by atoms with Crippen LogP contribution < -0.4 is 5.73 Å². The molecular weight excluding hydrogens is 329 g/mol. The first-order valence-corrected chi connectivity index (χ1v) is 10.9. The maximum atomic E-state index is 10.5. The van der Waals surface area contributed by atoms with E-state index in [-0.39, 0.29) is 5.82 Å². The molecule has 1 aliphatic rings. The third-order valence-electron chi connectivity index (χ3n) is 4.29. The molecule has 4 N–H and O–H groups in total. The average Bonchev–Trinajstić information content (AvgIpc) is 2.96. The minimum Gasteiger partial charge on any atom is -0.388 e. The monoisotopic (exact) mass is 353 g/mol. The number of fused-ring (bicyclic) bond motifs is 1. The van der Waals surface area contributed by atoms with Gasteiger partial charge in [-0.15, -0.1) is 13.2 Å². The van der Waals surface area contributed by atoms with E-state index in [9.17, 15) is 10.2 Å². The number of anilines is 1. The number of ether oxygens (including phenoxy) is 1. The van der Waals surface area contributed by atoms with E-state index in [1.807, 2.05) is 0 Å². The van der Waals surface area contributed by atoms with Crippen molar-refractivity contribution >= 4 is 30.2 Å². The Morgan fingerprint density at radius 2 is 2.04 bits per heavy atom. The zero-order chi connectivity index (χ0) is 17.6. The maximum Gasteiger partial charge on any atom is 0.167 e. The SMILES string of the molecule is C=P(C)(C)CC[C@H]1OC(n2c(C)nc3c(N)ncnc32)[C@H](O)[C@@H]1O. The summed E-state index contributed by atoms with van der Waals surface area (Å²) in [6.45, 7) is 4.82. The molecule has 1 fully saturated rings. The van der Waals surface area contributed by atoms with E-state index in [0.29, 0.717) is 23.4 Å². The van der Waals surface area contributed by atoms with Crippen LogP contribution in [0.5, 0.6) is 0 Å². The van der Waals surface area contributed by atoms with Gasteiger partial charge in [0.05, 0.1) is 6.10 Å². The quantitative estimate of drug-likeness (QED) is 0.682. The average molecular weight is 353 g/mol. The molecule has 2 aromatic rings. The molecular formula is C15H24N5O3P. The Morgan fingerprint density at radius 1 is 1.33 bits per heavy atom. The third kappa shape index (κ3) is 3.07. The van der Waals surface area contributed by atoms with Crippen LogP contribution in [0.3, 0.4) is 0 Å². The van der Waals surface area contributed by atoms with Crippen LogP contribution in [-0.4, -0.2) is 73.8 Å². The topological polar surface area (TPSA) is 119 Å². The first-order chi connectivity index (χ1) is 11.2. The van der Waals surface area contributed by atoms with Gasteiger partial charge in [0.2, 0.25) is 0 Å². The summed E-state index contributed by atoms with van der Waals surface area (Å²) in [5, 5.41) is 20.8. The first-order valence-electron chi connectivity index (χ1n) is 7.83. The summed E-state index contributed by atoms with van der Waals surface area (Å²) in [7, 11) is 0. The number of aromatic nitrogens is 4. The summed E-state index contributed by atoms with van der Waals surface area (Å²) in [6.07, 6.45) is 3.84. The van der Waals surface area contributed by atoms with Crippen molar-refractivity contribution in [3.8, 4) is 0 Å². The lowest BCUT2D eigenvalue weighted by Crippen LogP contribution is -2.32. The fourth-order valence-corrected chi connectivity index (χ4v) is 3.95. The van der Waals surface area contributed by atoms with E-state index in [4.69, 9.17) is 10.5 Å². The Bertz CT molecular complexity index is 802. The molecule has 0 aromatic carbocycles. The van der Waals surface area contributed by atoms with Gasteiger partial charge in [0.25, 0.3) is 0 Å². The molecule has 0 aliphatic carbocycles. The number of nitrogens with two attached hydrogens (primary N) is 1. The molecule has 1 saturated heterocycles. The van der Waals surface area contributed by atoms with E-state index in [1.54, 1.807) is 11.5 Å². The summed E-state index contributed by atoms with van der Waals surface area (Å²) in [6, 6.07) is 0. The normalized spacial score (nSPS) is 27.9. The van der Waals surface area contributed by atoms with Gasteiger partial charge in [0.1, 0.15) is 24.4 Å². The van der Waals surface area contributed by atoms with E-state index >= 15 is 0 Å². The van der Waals surface area contributed by atoms with Gasteiger partial charge < -0.3 is 20.7 Å². The lowest BCUT2D eigenvalue weighted by atomic mass is 10.1. The van der Waals surface area contributed by atoms with Crippen molar-refractivity contribution < 1.29 is 14.9 Å². The molecule has 24 heavy (non-hydrogen) atoms. The molecule has 8 nitrogen and oxygen atoms in total. The molecule has 4 atom stereocenters. The molecule has 0 spiro atoms. The highest BCUT2D eigenvalue weighted by Crippen LogP contribution is 2.40. The number of imidazole rings is 1. The third-order valence-corrected chi connectivity index (χ3v) is 5.76. The highest BCUT2D eigenvalue weighted by molar-refractivity contribution is 7.72. The van der Waals surface area contributed by atoms with Gasteiger partial charge >= 0.3 is 0 Å². The molecule has 9 heteroatoms. The Balaban J connectivity index is 1.92. The molecule has 132 valence electrons. The molecule has 1 aliphatic heterocycles. The van der Waals surface area contributed by atoms with Crippen molar-refractivity contribution in [3.05, 3.63) is 12.2 Å². The molecule has 3 rings (SSSR count). The second kappa shape index (κ2) is 6.11. The lowest BCUT2D eigenvalue weighted by molar-refractivity contribution is -0.0363. The summed E-state index contributed by atoms with van der Waals surface area (Å²) >= 11 is 0. The standard InChI is InChI=1S/C15H24N5O3P/c1-8-19-10-13(16)17-7-18-14(10)20(8)15-12(22)11(21)9(23-15)5-6-24(2,3)4/h7,9,11-12,15,21-22H,2,5-6H2,1,3-4H3,(H2,16,17,18)/t9-,11-,12-,15?/m1/s1. The number of nitrogens with zero attached hydrogens (tertiary/aromatic N) is 4. The Labute approximate surface area is 140 Å². The summed E-state index contributed by atoms with van der Waals surface area (Å²) in [4.78, 5) is 12.5. The van der Waals surface area contributed by atoms with Crippen LogP contribution in [0.1, 0.15) is 18.5 Å². The molecule has 0 saturated carbocycles. The molecule has 0 amide bonds. The van der Waals surface area contributed by atoms with Crippen molar-refractivity contribution in [3.63, 3.8) is 0 Å². The van der Waals surface area contributed by atoms with Crippen LogP contribution in [0.25, 0.3) is 11.2 Å². The molecule has 3 heterocycles. The Morgan fingerprint density at radius 3 is 2.71 bits per heavy atom. The smallest absolute Gasteiger partial charge is 0.167 e. The second-order valence-corrected chi connectivity index (χ2v) is 11.3. The van der Waals surface area contributed by atoms with Gasteiger partial charge in [-0.3, -0.25) is 4.57 Å². The second-order valence-electron chi connectivity index (χ2n) is 6.95. The van der Waals surface area contributed by atoms with E-state index in [1.165, 1.54) is 6.33 Å². The van der Waals surface area contributed by atoms with Crippen LogP contribution in [0.2, 0.25) is 0 Å².